The van der Waals surface area contributed by atoms with Gasteiger partial charge in [0.1, 0.15) is 61.0 Å². The lowest BCUT2D eigenvalue weighted by Crippen LogP contribution is -2.66. The van der Waals surface area contributed by atoms with Crippen LogP contribution < -0.4 is 0 Å². The van der Waals surface area contributed by atoms with Gasteiger partial charge < -0.3 is 74.4 Å². The van der Waals surface area contributed by atoms with Gasteiger partial charge in [-0.15, -0.1) is 0 Å². The van der Waals surface area contributed by atoms with Gasteiger partial charge in [-0.3, -0.25) is 4.79 Å². The van der Waals surface area contributed by atoms with Gasteiger partial charge >= 0.3 is 5.97 Å². The average molecular weight is 897 g/mol. The first kappa shape index (κ1) is 48.1. The summed E-state index contributed by atoms with van der Waals surface area (Å²) in [6, 6.07) is 0. The monoisotopic (exact) mass is 897 g/mol. The third-order valence-corrected chi connectivity index (χ3v) is 18.9. The highest BCUT2D eigenvalue weighted by Gasteiger charge is 2.70. The molecule has 8 aliphatic rings. The second kappa shape index (κ2) is 16.7. The van der Waals surface area contributed by atoms with E-state index in [0.29, 0.717) is 25.2 Å². The summed E-state index contributed by atoms with van der Waals surface area (Å²) in [6.45, 7) is 17.1. The number of hydrogen-bond acceptors (Lipinski definition) is 16. The first-order valence-electron chi connectivity index (χ1n) is 23.6. The number of fused-ring (bicyclic) bond motifs is 7. The van der Waals surface area contributed by atoms with Crippen molar-refractivity contribution in [3.05, 3.63) is 11.6 Å². The molecule has 3 heterocycles. The van der Waals surface area contributed by atoms with Crippen LogP contribution in [0, 0.1) is 50.2 Å². The predicted molar refractivity (Wildman–Crippen MR) is 223 cm³/mol. The van der Waals surface area contributed by atoms with E-state index in [-0.39, 0.29) is 51.6 Å². The molecule has 0 amide bonds. The van der Waals surface area contributed by atoms with Crippen molar-refractivity contribution < 1.29 is 79.2 Å². The SMILES string of the molecule is CC1OC(OC2C(OC3CCC4(C)C(CCC5(C)C4CC=C4C6CC(C)(C)CCC6(C(=O)OC6OC(CO)C(O)C(O)C6O)CCC45C)C3(C)C)OCC(O)C2O)C(O)C(O)C1O. The maximum Gasteiger partial charge on any atom is 0.315 e. The molecule has 63 heavy (non-hydrogen) atoms. The lowest BCUT2D eigenvalue weighted by atomic mass is 9.33. The minimum atomic E-state index is -1.67. The second-order valence-electron chi connectivity index (χ2n) is 23.0. The molecular weight excluding hydrogens is 821 g/mol. The molecule has 16 heteroatoms. The molecule has 9 N–H and O–H groups in total. The van der Waals surface area contributed by atoms with Gasteiger partial charge in [0.2, 0.25) is 6.29 Å². The van der Waals surface area contributed by atoms with Gasteiger partial charge in [-0.1, -0.05) is 60.1 Å². The van der Waals surface area contributed by atoms with Crippen LogP contribution in [-0.2, 0) is 33.2 Å². The molecule has 0 aromatic carbocycles. The fourth-order valence-electron chi connectivity index (χ4n) is 14.7. The van der Waals surface area contributed by atoms with Crippen molar-refractivity contribution in [2.24, 2.45) is 50.2 Å². The molecule has 22 unspecified atom stereocenters. The fraction of sp³-hybridized carbons (Fsp3) is 0.936. The van der Waals surface area contributed by atoms with Gasteiger partial charge in [-0.2, -0.15) is 0 Å². The van der Waals surface area contributed by atoms with Crippen LogP contribution in [0.3, 0.4) is 0 Å². The van der Waals surface area contributed by atoms with E-state index >= 15 is 0 Å². The van der Waals surface area contributed by atoms with Crippen LogP contribution in [-0.4, -0.2) is 157 Å². The number of allylic oxidation sites excluding steroid dienone is 2. The first-order valence-corrected chi connectivity index (χ1v) is 23.6. The van der Waals surface area contributed by atoms with Gasteiger partial charge in [0.15, 0.2) is 12.6 Å². The van der Waals surface area contributed by atoms with Crippen molar-refractivity contribution in [3.63, 3.8) is 0 Å². The van der Waals surface area contributed by atoms with E-state index in [1.165, 1.54) is 12.5 Å². The summed E-state index contributed by atoms with van der Waals surface area (Å²) in [7, 11) is 0. The minimum Gasteiger partial charge on any atom is -0.432 e. The summed E-state index contributed by atoms with van der Waals surface area (Å²) in [5, 5.41) is 94.8. The van der Waals surface area contributed by atoms with Crippen molar-refractivity contribution in [1.29, 1.82) is 0 Å². The maximum atomic E-state index is 14.7. The van der Waals surface area contributed by atoms with Crippen molar-refractivity contribution >= 4 is 5.97 Å². The number of rotatable bonds is 7. The maximum absolute atomic E-state index is 14.7. The van der Waals surface area contributed by atoms with Gasteiger partial charge in [0, 0.05) is 0 Å². The van der Waals surface area contributed by atoms with E-state index in [1.54, 1.807) is 0 Å². The molecule has 0 radical (unpaired) electrons. The Morgan fingerprint density at radius 1 is 0.714 bits per heavy atom. The van der Waals surface area contributed by atoms with Crippen LogP contribution >= 0.6 is 0 Å². The summed E-state index contributed by atoms with van der Waals surface area (Å²) in [6.07, 6.45) is -9.47. The Balaban J connectivity index is 1.03. The Bertz CT molecular complexity index is 1720. The van der Waals surface area contributed by atoms with Crippen LogP contribution in [0.15, 0.2) is 11.6 Å². The van der Waals surface area contributed by atoms with Crippen molar-refractivity contribution in [3.8, 4) is 0 Å². The zero-order chi connectivity index (χ0) is 46.0. The molecule has 16 nitrogen and oxygen atoms in total. The zero-order valence-electron chi connectivity index (χ0n) is 38.3. The summed E-state index contributed by atoms with van der Waals surface area (Å²) in [5.74, 6) is -0.0269. The topological polar surface area (TPSA) is 255 Å². The number of esters is 1. The van der Waals surface area contributed by atoms with Crippen LogP contribution in [0.4, 0.5) is 0 Å². The van der Waals surface area contributed by atoms with E-state index in [9.17, 15) is 50.8 Å². The number of carbonyl (C=O) groups is 1. The van der Waals surface area contributed by atoms with Crippen LogP contribution in [0.5, 0.6) is 0 Å². The first-order chi connectivity index (χ1) is 29.4. The van der Waals surface area contributed by atoms with E-state index in [0.717, 1.165) is 44.9 Å². The molecule has 7 fully saturated rings. The number of ether oxygens (including phenoxy) is 6. The van der Waals surface area contributed by atoms with E-state index in [1.807, 2.05) is 0 Å². The second-order valence-corrected chi connectivity index (χ2v) is 23.0. The highest BCUT2D eigenvalue weighted by molar-refractivity contribution is 5.79. The standard InChI is InChI=1S/C47H76O16/c1-22-30(50)33(53)35(55)38(59-22)62-37-31(51)25(49)21-58-40(37)61-29-12-13-44(6)27(43(29,4)5)11-14-46(8)28(44)10-9-23-24-19-42(2,3)15-17-47(24,18-16-45(23,46)7)41(57)63-39-36(56)34(54)32(52)26(20-48)60-39/h9,22,24-40,48-56H,10-21H2,1-8H3. The van der Waals surface area contributed by atoms with Gasteiger partial charge in [-0.25, -0.2) is 0 Å². The lowest BCUT2D eigenvalue weighted by molar-refractivity contribution is -0.364. The molecule has 0 spiro atoms. The number of carbonyl (C=O) groups excluding carboxylic acids is 1. The lowest BCUT2D eigenvalue weighted by Gasteiger charge is -2.71. The predicted octanol–water partition coefficient (Wildman–Crippen LogP) is 1.81. The zero-order valence-corrected chi connectivity index (χ0v) is 38.3. The molecule has 0 aromatic heterocycles. The molecule has 0 bridgehead atoms. The van der Waals surface area contributed by atoms with Crippen LogP contribution in [0.2, 0.25) is 0 Å². The Labute approximate surface area is 371 Å². The van der Waals surface area contributed by atoms with Gasteiger partial charge in [0.25, 0.3) is 0 Å². The third-order valence-electron chi connectivity index (χ3n) is 18.9. The molecule has 3 saturated heterocycles. The summed E-state index contributed by atoms with van der Waals surface area (Å²) in [5.41, 5.74) is -0.377. The Morgan fingerprint density at radius 2 is 1.38 bits per heavy atom. The Kier molecular flexibility index (Phi) is 12.8. The number of aliphatic hydroxyl groups excluding tert-OH is 9. The van der Waals surface area contributed by atoms with Crippen LogP contribution in [0.1, 0.15) is 120 Å². The Hall–Kier alpha value is -1.35. The quantitative estimate of drug-likeness (QED) is 0.100. The van der Waals surface area contributed by atoms with Gasteiger partial charge in [-0.05, 0) is 116 Å². The normalized spacial score (nSPS) is 54.1. The molecule has 3 aliphatic heterocycles. The number of aliphatic hydroxyl groups is 9. The van der Waals surface area contributed by atoms with E-state index in [4.69, 9.17) is 28.4 Å². The summed E-state index contributed by atoms with van der Waals surface area (Å²) >= 11 is 0. The average Bonchev–Trinajstić information content (AvgIpc) is 3.22. The minimum absolute atomic E-state index is 0.0356. The molecule has 4 saturated carbocycles. The highest BCUT2D eigenvalue weighted by Crippen LogP contribution is 2.76. The molecule has 8 rings (SSSR count). The van der Waals surface area contributed by atoms with Crippen molar-refractivity contribution in [1.82, 2.24) is 0 Å². The molecular formula is C47H76O16. The molecule has 360 valence electrons. The largest absolute Gasteiger partial charge is 0.432 e. The Morgan fingerprint density at radius 3 is 2.08 bits per heavy atom. The number of hydrogen-bond donors (Lipinski definition) is 9. The van der Waals surface area contributed by atoms with E-state index in [2.05, 4.69) is 54.5 Å². The summed E-state index contributed by atoms with van der Waals surface area (Å²) in [4.78, 5) is 14.7. The fourth-order valence-corrected chi connectivity index (χ4v) is 14.7. The molecule has 22 atom stereocenters. The molecule has 0 aromatic rings. The summed E-state index contributed by atoms with van der Waals surface area (Å²) < 4.78 is 36.2. The van der Waals surface area contributed by atoms with Crippen LogP contribution in [0.25, 0.3) is 0 Å². The van der Waals surface area contributed by atoms with Crippen molar-refractivity contribution in [2.75, 3.05) is 13.2 Å². The van der Waals surface area contributed by atoms with E-state index < -0.39 is 104 Å². The smallest absolute Gasteiger partial charge is 0.315 e. The molecule has 5 aliphatic carbocycles. The van der Waals surface area contributed by atoms with Crippen molar-refractivity contribution in [2.45, 2.75) is 212 Å². The highest BCUT2D eigenvalue weighted by atomic mass is 16.8. The van der Waals surface area contributed by atoms with Gasteiger partial charge in [0.05, 0.1) is 30.8 Å². The third kappa shape index (κ3) is 7.51.